The molecule has 2 aromatic carbocycles. The van der Waals surface area contributed by atoms with E-state index < -0.39 is 0 Å². The molecule has 124 valence electrons. The Morgan fingerprint density at radius 2 is 2.00 bits per heavy atom. The molecule has 0 saturated heterocycles. The second kappa shape index (κ2) is 7.19. The van der Waals surface area contributed by atoms with E-state index in [9.17, 15) is 5.11 Å². The fraction of sp³-hybridized carbons (Fsp3) is 0.211. The second-order valence-corrected chi connectivity index (χ2v) is 5.63. The second-order valence-electron chi connectivity index (χ2n) is 5.63. The van der Waals surface area contributed by atoms with E-state index in [2.05, 4.69) is 41.5 Å². The van der Waals surface area contributed by atoms with Crippen molar-refractivity contribution in [1.29, 1.82) is 0 Å². The fourth-order valence-corrected chi connectivity index (χ4v) is 2.60. The molecular weight excluding hydrogens is 302 g/mol. The number of methoxy groups -OCH3 is 1. The number of para-hydroxylation sites is 1. The predicted molar refractivity (Wildman–Crippen MR) is 93.5 cm³/mol. The maximum Gasteiger partial charge on any atom is 0.162 e. The van der Waals surface area contributed by atoms with Crippen molar-refractivity contribution < 1.29 is 9.84 Å². The van der Waals surface area contributed by atoms with Crippen molar-refractivity contribution in [3.63, 3.8) is 0 Å². The summed E-state index contributed by atoms with van der Waals surface area (Å²) >= 11 is 0. The molecule has 0 aliphatic carbocycles. The first-order chi connectivity index (χ1) is 11.7. The maximum atomic E-state index is 10.1. The van der Waals surface area contributed by atoms with Gasteiger partial charge in [-0.15, -0.1) is 0 Å². The number of imidazole rings is 1. The number of phenols is 1. The van der Waals surface area contributed by atoms with E-state index >= 15 is 0 Å². The van der Waals surface area contributed by atoms with E-state index in [1.54, 1.807) is 25.7 Å². The van der Waals surface area contributed by atoms with Crippen LogP contribution in [0.4, 0.5) is 0 Å². The van der Waals surface area contributed by atoms with E-state index in [-0.39, 0.29) is 11.8 Å². The summed E-state index contributed by atoms with van der Waals surface area (Å²) in [6, 6.07) is 14.0. The van der Waals surface area contributed by atoms with Crippen molar-refractivity contribution in [2.75, 3.05) is 7.11 Å². The third kappa shape index (κ3) is 3.41. The molecule has 3 rings (SSSR count). The van der Waals surface area contributed by atoms with E-state index in [0.29, 0.717) is 12.3 Å². The average molecular weight is 323 g/mol. The monoisotopic (exact) mass is 323 g/mol. The highest BCUT2D eigenvalue weighted by Gasteiger charge is 2.10. The summed E-state index contributed by atoms with van der Waals surface area (Å²) in [4.78, 5) is 4.06. The summed E-state index contributed by atoms with van der Waals surface area (Å²) in [5, 5.41) is 13.6. The Hall–Kier alpha value is -2.79. The Balaban J connectivity index is 1.66. The van der Waals surface area contributed by atoms with Crippen LogP contribution in [0.2, 0.25) is 0 Å². The number of benzene rings is 2. The molecular formula is C19H21N3O2. The third-order valence-electron chi connectivity index (χ3n) is 4.10. The van der Waals surface area contributed by atoms with Gasteiger partial charge in [0.2, 0.25) is 0 Å². The van der Waals surface area contributed by atoms with Crippen LogP contribution in [0, 0.1) is 0 Å². The first-order valence-electron chi connectivity index (χ1n) is 7.85. The number of hydrogen-bond acceptors (Lipinski definition) is 4. The van der Waals surface area contributed by atoms with Gasteiger partial charge in [-0.05, 0) is 30.7 Å². The fourth-order valence-electron chi connectivity index (χ4n) is 2.60. The number of hydrogen-bond donors (Lipinski definition) is 2. The van der Waals surface area contributed by atoms with E-state index in [0.717, 1.165) is 11.3 Å². The molecule has 1 heterocycles. The molecule has 5 heteroatoms. The molecule has 0 bridgehead atoms. The van der Waals surface area contributed by atoms with Crippen LogP contribution in [0.3, 0.4) is 0 Å². The molecule has 1 aromatic heterocycles. The van der Waals surface area contributed by atoms with Gasteiger partial charge >= 0.3 is 0 Å². The standard InChI is InChI=1S/C19H21N3O2/c1-14(21-12-16-4-3-5-18(24-2)19(16)23)15-6-8-17(9-7-15)22-11-10-20-13-22/h3-11,13-14,21,23H,12H2,1-2H3. The van der Waals surface area contributed by atoms with E-state index in [4.69, 9.17) is 4.74 Å². The maximum absolute atomic E-state index is 10.1. The summed E-state index contributed by atoms with van der Waals surface area (Å²) in [7, 11) is 1.55. The number of aromatic hydroxyl groups is 1. The Morgan fingerprint density at radius 3 is 2.67 bits per heavy atom. The molecule has 0 fully saturated rings. The van der Waals surface area contributed by atoms with Gasteiger partial charge in [0.25, 0.3) is 0 Å². The number of ether oxygens (including phenoxy) is 1. The summed E-state index contributed by atoms with van der Waals surface area (Å²) in [6.07, 6.45) is 5.46. The zero-order chi connectivity index (χ0) is 16.9. The largest absolute Gasteiger partial charge is 0.504 e. The first kappa shape index (κ1) is 16.1. The molecule has 0 saturated carbocycles. The SMILES string of the molecule is COc1cccc(CNC(C)c2ccc(-n3ccnc3)cc2)c1O. The van der Waals surface area contributed by atoms with Crippen LogP contribution >= 0.6 is 0 Å². The lowest BCUT2D eigenvalue weighted by atomic mass is 10.1. The van der Waals surface area contributed by atoms with Gasteiger partial charge < -0.3 is 19.7 Å². The molecule has 0 aliphatic rings. The normalized spacial score (nSPS) is 12.1. The first-order valence-corrected chi connectivity index (χ1v) is 7.85. The lowest BCUT2D eigenvalue weighted by Crippen LogP contribution is -2.18. The molecule has 3 aromatic rings. The molecule has 1 unspecified atom stereocenters. The van der Waals surface area contributed by atoms with Crippen molar-refractivity contribution in [3.8, 4) is 17.2 Å². The van der Waals surface area contributed by atoms with Gasteiger partial charge in [0.1, 0.15) is 0 Å². The molecule has 24 heavy (non-hydrogen) atoms. The third-order valence-corrected chi connectivity index (χ3v) is 4.10. The van der Waals surface area contributed by atoms with Gasteiger partial charge in [0.15, 0.2) is 11.5 Å². The van der Waals surface area contributed by atoms with Crippen LogP contribution in [0.25, 0.3) is 5.69 Å². The Morgan fingerprint density at radius 1 is 1.21 bits per heavy atom. The Labute approximate surface area is 141 Å². The van der Waals surface area contributed by atoms with Crippen LogP contribution < -0.4 is 10.1 Å². The van der Waals surface area contributed by atoms with Crippen LogP contribution in [0.5, 0.6) is 11.5 Å². The highest BCUT2D eigenvalue weighted by atomic mass is 16.5. The Kier molecular flexibility index (Phi) is 4.82. The minimum absolute atomic E-state index is 0.160. The Bertz CT molecular complexity index is 783. The van der Waals surface area contributed by atoms with Crippen LogP contribution in [0.15, 0.2) is 61.2 Å². The summed E-state index contributed by atoms with van der Waals surface area (Å²) in [5.74, 6) is 0.682. The number of phenolic OH excluding ortho intramolecular Hbond substituents is 1. The number of nitrogens with one attached hydrogen (secondary N) is 1. The predicted octanol–water partition coefficient (Wildman–Crippen LogP) is 3.44. The van der Waals surface area contributed by atoms with Crippen molar-refractivity contribution >= 4 is 0 Å². The van der Waals surface area contributed by atoms with Crippen LogP contribution in [-0.4, -0.2) is 21.8 Å². The average Bonchev–Trinajstić information content (AvgIpc) is 3.15. The smallest absolute Gasteiger partial charge is 0.162 e. The number of rotatable bonds is 6. The highest BCUT2D eigenvalue weighted by Crippen LogP contribution is 2.29. The minimum Gasteiger partial charge on any atom is -0.504 e. The molecule has 0 aliphatic heterocycles. The van der Waals surface area contributed by atoms with Crippen molar-refractivity contribution in [1.82, 2.24) is 14.9 Å². The highest BCUT2D eigenvalue weighted by molar-refractivity contribution is 5.45. The van der Waals surface area contributed by atoms with Gasteiger partial charge in [0, 0.05) is 36.2 Å². The van der Waals surface area contributed by atoms with E-state index in [1.165, 1.54) is 5.56 Å². The summed E-state index contributed by atoms with van der Waals surface area (Å²) in [6.45, 7) is 2.66. The van der Waals surface area contributed by atoms with Crippen molar-refractivity contribution in [2.24, 2.45) is 0 Å². The molecule has 0 radical (unpaired) electrons. The molecule has 1 atom stereocenters. The molecule has 0 spiro atoms. The van der Waals surface area contributed by atoms with Crippen LogP contribution in [-0.2, 0) is 6.54 Å². The van der Waals surface area contributed by atoms with Crippen LogP contribution in [0.1, 0.15) is 24.1 Å². The number of aromatic nitrogens is 2. The molecule has 5 nitrogen and oxygen atoms in total. The number of nitrogens with zero attached hydrogens (tertiary/aromatic N) is 2. The van der Waals surface area contributed by atoms with Crippen molar-refractivity contribution in [2.45, 2.75) is 19.5 Å². The summed E-state index contributed by atoms with van der Waals surface area (Å²) < 4.78 is 7.11. The summed E-state index contributed by atoms with van der Waals surface area (Å²) in [5.41, 5.74) is 3.08. The van der Waals surface area contributed by atoms with Crippen molar-refractivity contribution in [3.05, 3.63) is 72.3 Å². The van der Waals surface area contributed by atoms with Gasteiger partial charge in [-0.25, -0.2) is 4.98 Å². The van der Waals surface area contributed by atoms with E-state index in [1.807, 2.05) is 22.9 Å². The minimum atomic E-state index is 0.160. The topological polar surface area (TPSA) is 59.3 Å². The van der Waals surface area contributed by atoms with Gasteiger partial charge in [0.05, 0.1) is 13.4 Å². The van der Waals surface area contributed by atoms with Gasteiger partial charge in [-0.1, -0.05) is 24.3 Å². The zero-order valence-corrected chi connectivity index (χ0v) is 13.8. The lowest BCUT2D eigenvalue weighted by molar-refractivity contribution is 0.369. The lowest BCUT2D eigenvalue weighted by Gasteiger charge is -2.16. The van der Waals surface area contributed by atoms with Gasteiger partial charge in [-0.3, -0.25) is 0 Å². The molecule has 2 N–H and O–H groups in total. The van der Waals surface area contributed by atoms with Gasteiger partial charge in [-0.2, -0.15) is 0 Å². The molecule has 0 amide bonds. The quantitative estimate of drug-likeness (QED) is 0.729. The zero-order valence-electron chi connectivity index (χ0n) is 13.8.